The van der Waals surface area contributed by atoms with Gasteiger partial charge in [0.25, 0.3) is 0 Å². The molecular weight excluding hydrogens is 200 g/mol. The molecule has 0 fully saturated rings. The molecule has 0 radical (unpaired) electrons. The number of aromatic hydroxyl groups is 1. The van der Waals surface area contributed by atoms with E-state index in [-0.39, 0.29) is 12.2 Å². The maximum atomic E-state index is 10.4. The zero-order valence-corrected chi connectivity index (χ0v) is 8.17. The fraction of sp³-hybridized carbons (Fsp3) is 0.300. The maximum absolute atomic E-state index is 10.4. The van der Waals surface area contributed by atoms with Gasteiger partial charge in [-0.15, -0.1) is 0 Å². The Morgan fingerprint density at radius 1 is 1.53 bits per heavy atom. The van der Waals surface area contributed by atoms with Crippen molar-refractivity contribution in [1.29, 1.82) is 0 Å². The van der Waals surface area contributed by atoms with Crippen LogP contribution in [0.3, 0.4) is 0 Å². The summed E-state index contributed by atoms with van der Waals surface area (Å²) in [6.45, 7) is 0. The van der Waals surface area contributed by atoms with Gasteiger partial charge >= 0.3 is 5.97 Å². The lowest BCUT2D eigenvalue weighted by molar-refractivity contribution is -0.146. The summed E-state index contributed by atoms with van der Waals surface area (Å²) in [6.07, 6.45) is -1.64. The van der Waals surface area contributed by atoms with Crippen molar-refractivity contribution in [3.05, 3.63) is 23.8 Å². The van der Waals surface area contributed by atoms with Crippen molar-refractivity contribution in [1.82, 2.24) is 0 Å². The van der Waals surface area contributed by atoms with Gasteiger partial charge in [-0.05, 0) is 11.6 Å². The van der Waals surface area contributed by atoms with Gasteiger partial charge in [0.05, 0.1) is 7.11 Å². The number of ether oxygens (including phenoxy) is 1. The summed E-state index contributed by atoms with van der Waals surface area (Å²) >= 11 is 0. The Kier molecular flexibility index (Phi) is 3.51. The lowest BCUT2D eigenvalue weighted by atomic mass is 10.1. The van der Waals surface area contributed by atoms with Crippen LogP contribution in [-0.4, -0.2) is 34.5 Å². The molecule has 0 aliphatic heterocycles. The highest BCUT2D eigenvalue weighted by molar-refractivity contribution is 5.72. The van der Waals surface area contributed by atoms with Crippen LogP contribution >= 0.6 is 0 Å². The van der Waals surface area contributed by atoms with Crippen LogP contribution in [0.4, 0.5) is 0 Å². The second kappa shape index (κ2) is 4.65. The highest BCUT2D eigenvalue weighted by Gasteiger charge is 2.15. The van der Waals surface area contributed by atoms with Crippen LogP contribution in [0.2, 0.25) is 0 Å². The standard InChI is InChI=1S/C10H12O5/c1-15-7-3-2-6(8(11)5-7)4-9(12)10(13)14/h2-3,5,9,11-12H,4H2,1H3,(H,13,14). The number of methoxy groups -OCH3 is 1. The van der Waals surface area contributed by atoms with Crippen molar-refractivity contribution in [3.63, 3.8) is 0 Å². The quantitative estimate of drug-likeness (QED) is 0.672. The van der Waals surface area contributed by atoms with Crippen LogP contribution in [0.15, 0.2) is 18.2 Å². The molecule has 1 atom stereocenters. The SMILES string of the molecule is COc1ccc(CC(O)C(=O)O)c(O)c1. The number of hydrogen-bond acceptors (Lipinski definition) is 4. The van der Waals surface area contributed by atoms with Crippen molar-refractivity contribution < 1.29 is 24.9 Å². The van der Waals surface area contributed by atoms with Gasteiger partial charge in [0.15, 0.2) is 6.10 Å². The van der Waals surface area contributed by atoms with Crippen LogP contribution in [0.5, 0.6) is 11.5 Å². The number of carboxylic acids is 1. The Labute approximate surface area is 86.5 Å². The molecule has 0 heterocycles. The molecule has 1 rings (SSSR count). The number of aliphatic hydroxyl groups excluding tert-OH is 1. The number of phenols is 1. The lowest BCUT2D eigenvalue weighted by Gasteiger charge is -2.08. The van der Waals surface area contributed by atoms with Crippen molar-refractivity contribution in [2.45, 2.75) is 12.5 Å². The van der Waals surface area contributed by atoms with Crippen molar-refractivity contribution >= 4 is 5.97 Å². The Balaban J connectivity index is 2.82. The Bertz CT molecular complexity index is 361. The molecule has 5 heteroatoms. The molecule has 1 aromatic rings. The number of carbonyl (C=O) groups is 1. The number of carboxylic acid groups (broad SMARTS) is 1. The second-order valence-corrected chi connectivity index (χ2v) is 3.05. The van der Waals surface area contributed by atoms with Crippen molar-refractivity contribution in [3.8, 4) is 11.5 Å². The number of hydrogen-bond donors (Lipinski definition) is 3. The molecule has 1 unspecified atom stereocenters. The average molecular weight is 212 g/mol. The van der Waals surface area contributed by atoms with Crippen LogP contribution in [-0.2, 0) is 11.2 Å². The number of rotatable bonds is 4. The molecule has 0 aliphatic rings. The summed E-state index contributed by atoms with van der Waals surface area (Å²) < 4.78 is 4.86. The molecular formula is C10H12O5. The second-order valence-electron chi connectivity index (χ2n) is 3.05. The smallest absolute Gasteiger partial charge is 0.332 e. The monoisotopic (exact) mass is 212 g/mol. The Morgan fingerprint density at radius 2 is 2.20 bits per heavy atom. The first-order valence-electron chi connectivity index (χ1n) is 4.31. The van der Waals surface area contributed by atoms with Gasteiger partial charge in [-0.25, -0.2) is 4.79 Å². The van der Waals surface area contributed by atoms with Crippen LogP contribution in [0, 0.1) is 0 Å². The number of aliphatic hydroxyl groups is 1. The van der Waals surface area contributed by atoms with Gasteiger partial charge < -0.3 is 20.1 Å². The van der Waals surface area contributed by atoms with Crippen LogP contribution in [0.25, 0.3) is 0 Å². The summed E-state index contributed by atoms with van der Waals surface area (Å²) in [7, 11) is 1.46. The van der Waals surface area contributed by atoms with E-state index in [0.29, 0.717) is 11.3 Å². The molecule has 0 spiro atoms. The molecule has 5 nitrogen and oxygen atoms in total. The highest BCUT2D eigenvalue weighted by Crippen LogP contribution is 2.24. The lowest BCUT2D eigenvalue weighted by Crippen LogP contribution is -2.21. The molecule has 0 saturated heterocycles. The molecule has 82 valence electrons. The van der Waals surface area contributed by atoms with Gasteiger partial charge in [0.2, 0.25) is 0 Å². The van der Waals surface area contributed by atoms with Gasteiger partial charge in [-0.3, -0.25) is 0 Å². The molecule has 0 saturated carbocycles. The molecule has 0 aromatic heterocycles. The number of aliphatic carboxylic acids is 1. The van der Waals surface area contributed by atoms with E-state index in [1.165, 1.54) is 19.2 Å². The maximum Gasteiger partial charge on any atom is 0.332 e. The van der Waals surface area contributed by atoms with Gasteiger partial charge in [0, 0.05) is 12.5 Å². The van der Waals surface area contributed by atoms with E-state index in [0.717, 1.165) is 0 Å². The third-order valence-electron chi connectivity index (χ3n) is 1.99. The van der Waals surface area contributed by atoms with Crippen LogP contribution < -0.4 is 4.74 Å². The third kappa shape index (κ3) is 2.85. The van der Waals surface area contributed by atoms with E-state index >= 15 is 0 Å². The molecule has 3 N–H and O–H groups in total. The minimum atomic E-state index is -1.51. The van der Waals surface area contributed by atoms with E-state index in [4.69, 9.17) is 14.9 Å². The Morgan fingerprint density at radius 3 is 2.67 bits per heavy atom. The Hall–Kier alpha value is -1.75. The van der Waals surface area contributed by atoms with Gasteiger partial charge in [0.1, 0.15) is 11.5 Å². The van der Waals surface area contributed by atoms with E-state index in [2.05, 4.69) is 0 Å². The molecule has 1 aromatic carbocycles. The average Bonchev–Trinajstić information content (AvgIpc) is 2.20. The van der Waals surface area contributed by atoms with Crippen molar-refractivity contribution in [2.24, 2.45) is 0 Å². The minimum absolute atomic E-state index is 0.0883. The van der Waals surface area contributed by atoms with E-state index in [1.807, 2.05) is 0 Å². The summed E-state index contributed by atoms with van der Waals surface area (Å²) in [5.41, 5.74) is 0.366. The van der Waals surface area contributed by atoms with Gasteiger partial charge in [-0.1, -0.05) is 6.07 Å². The summed E-state index contributed by atoms with van der Waals surface area (Å²) in [4.78, 5) is 10.4. The van der Waals surface area contributed by atoms with Crippen molar-refractivity contribution in [2.75, 3.05) is 7.11 Å². The largest absolute Gasteiger partial charge is 0.508 e. The zero-order chi connectivity index (χ0) is 11.4. The molecule has 0 aliphatic carbocycles. The highest BCUT2D eigenvalue weighted by atomic mass is 16.5. The number of phenolic OH excluding ortho intramolecular Hbond substituents is 1. The third-order valence-corrected chi connectivity index (χ3v) is 1.99. The van der Waals surface area contributed by atoms with E-state index in [1.54, 1.807) is 6.07 Å². The topological polar surface area (TPSA) is 87.0 Å². The molecule has 0 bridgehead atoms. The summed E-state index contributed by atoms with van der Waals surface area (Å²) in [5.74, 6) is -0.930. The number of benzene rings is 1. The first-order valence-corrected chi connectivity index (χ1v) is 4.31. The zero-order valence-electron chi connectivity index (χ0n) is 8.17. The van der Waals surface area contributed by atoms with E-state index < -0.39 is 12.1 Å². The predicted octanol–water partition coefficient (Wildman–Crippen LogP) is 0.389. The fourth-order valence-electron chi connectivity index (χ4n) is 1.14. The fourth-order valence-corrected chi connectivity index (χ4v) is 1.14. The molecule has 0 amide bonds. The molecule has 15 heavy (non-hydrogen) atoms. The van der Waals surface area contributed by atoms with Gasteiger partial charge in [-0.2, -0.15) is 0 Å². The predicted molar refractivity (Wildman–Crippen MR) is 52.0 cm³/mol. The summed E-state index contributed by atoms with van der Waals surface area (Å²) in [5, 5.41) is 27.0. The van der Waals surface area contributed by atoms with E-state index in [9.17, 15) is 9.90 Å². The first kappa shape index (κ1) is 11.3. The minimum Gasteiger partial charge on any atom is -0.508 e. The summed E-state index contributed by atoms with van der Waals surface area (Å²) in [6, 6.07) is 4.47. The van der Waals surface area contributed by atoms with Crippen LogP contribution in [0.1, 0.15) is 5.56 Å². The first-order chi connectivity index (χ1) is 7.04. The normalized spacial score (nSPS) is 12.1.